The van der Waals surface area contributed by atoms with Crippen molar-refractivity contribution in [1.82, 2.24) is 15.1 Å². The summed E-state index contributed by atoms with van der Waals surface area (Å²) in [4.78, 5) is 11.9. The van der Waals surface area contributed by atoms with Gasteiger partial charge in [0.25, 0.3) is 0 Å². The molecule has 1 amide bonds. The molecule has 0 saturated heterocycles. The molecule has 5 nitrogen and oxygen atoms in total. The Morgan fingerprint density at radius 1 is 1.56 bits per heavy atom. The second-order valence-corrected chi connectivity index (χ2v) is 5.39. The molecule has 100 valence electrons. The van der Waals surface area contributed by atoms with E-state index in [-0.39, 0.29) is 18.5 Å². The number of amides is 1. The van der Waals surface area contributed by atoms with Gasteiger partial charge in [0.2, 0.25) is 5.91 Å². The number of nitrogen functional groups attached to an aromatic ring is 1. The fraction of sp³-hybridized carbons (Fsp3) is 0.692. The molecule has 0 bridgehead atoms. The summed E-state index contributed by atoms with van der Waals surface area (Å²) in [6.45, 7) is 6.05. The number of nitrogens with two attached hydrogens (primary N) is 1. The Morgan fingerprint density at radius 3 is 2.72 bits per heavy atom. The summed E-state index contributed by atoms with van der Waals surface area (Å²) in [6, 6.07) is 0.249. The highest BCUT2D eigenvalue weighted by atomic mass is 16.2. The summed E-state index contributed by atoms with van der Waals surface area (Å²) < 4.78 is 1.67. The first-order chi connectivity index (χ1) is 8.47. The summed E-state index contributed by atoms with van der Waals surface area (Å²) in [5.41, 5.74) is 8.16. The van der Waals surface area contributed by atoms with Gasteiger partial charge in [0.05, 0.1) is 17.1 Å². The predicted molar refractivity (Wildman–Crippen MR) is 71.1 cm³/mol. The van der Waals surface area contributed by atoms with E-state index >= 15 is 0 Å². The van der Waals surface area contributed by atoms with Gasteiger partial charge in [-0.05, 0) is 33.1 Å². The quantitative estimate of drug-likeness (QED) is 0.829. The van der Waals surface area contributed by atoms with Crippen LogP contribution < -0.4 is 11.1 Å². The van der Waals surface area contributed by atoms with Gasteiger partial charge in [0.1, 0.15) is 6.54 Å². The Balaban J connectivity index is 1.87. The molecule has 3 N–H and O–H groups in total. The Hall–Kier alpha value is -1.52. The molecule has 1 aromatic heterocycles. The number of aromatic nitrogens is 2. The molecular formula is C13H22N4O. The average Bonchev–Trinajstić information content (AvgIpc) is 3.05. The maximum atomic E-state index is 11.9. The lowest BCUT2D eigenvalue weighted by Gasteiger charge is -2.13. The summed E-state index contributed by atoms with van der Waals surface area (Å²) in [7, 11) is 0. The molecule has 1 unspecified atom stereocenters. The van der Waals surface area contributed by atoms with Crippen LogP contribution in [0.3, 0.4) is 0 Å². The minimum atomic E-state index is 0.00810. The minimum absolute atomic E-state index is 0.00810. The first kappa shape index (κ1) is 12.9. The Labute approximate surface area is 108 Å². The monoisotopic (exact) mass is 250 g/mol. The molecule has 0 aliphatic heterocycles. The SMILES string of the molecule is Cc1nn(CC(=O)NC(C)CC2CC2)c(C)c1N. The lowest BCUT2D eigenvalue weighted by atomic mass is 10.1. The largest absolute Gasteiger partial charge is 0.396 e. The standard InChI is InChI=1S/C13H22N4O/c1-8(6-11-4-5-11)15-12(18)7-17-10(3)13(14)9(2)16-17/h8,11H,4-7,14H2,1-3H3,(H,15,18). The van der Waals surface area contributed by atoms with E-state index < -0.39 is 0 Å². The second kappa shape index (κ2) is 5.00. The number of carbonyl (C=O) groups excluding carboxylic acids is 1. The van der Waals surface area contributed by atoms with Gasteiger partial charge in [-0.1, -0.05) is 12.8 Å². The van der Waals surface area contributed by atoms with Crippen LogP contribution in [0.4, 0.5) is 5.69 Å². The molecule has 0 spiro atoms. The zero-order valence-electron chi connectivity index (χ0n) is 11.4. The number of nitrogens with one attached hydrogen (secondary N) is 1. The van der Waals surface area contributed by atoms with Gasteiger partial charge >= 0.3 is 0 Å². The Morgan fingerprint density at radius 2 is 2.22 bits per heavy atom. The van der Waals surface area contributed by atoms with Crippen molar-refractivity contribution >= 4 is 11.6 Å². The third-order valence-electron chi connectivity index (χ3n) is 3.52. The van der Waals surface area contributed by atoms with Crippen molar-refractivity contribution in [2.24, 2.45) is 5.92 Å². The fourth-order valence-corrected chi connectivity index (χ4v) is 2.23. The number of aryl methyl sites for hydroxylation is 1. The summed E-state index contributed by atoms with van der Waals surface area (Å²) in [5.74, 6) is 0.832. The van der Waals surface area contributed by atoms with Crippen LogP contribution in [0.1, 0.15) is 37.6 Å². The molecule has 0 radical (unpaired) electrons. The number of carbonyl (C=O) groups is 1. The van der Waals surface area contributed by atoms with Gasteiger partial charge in [-0.2, -0.15) is 5.10 Å². The molecule has 2 rings (SSSR count). The van der Waals surface area contributed by atoms with E-state index in [1.807, 2.05) is 13.8 Å². The lowest BCUT2D eigenvalue weighted by Crippen LogP contribution is -2.35. The molecule has 1 saturated carbocycles. The number of nitrogens with zero attached hydrogens (tertiary/aromatic N) is 2. The van der Waals surface area contributed by atoms with Gasteiger partial charge < -0.3 is 11.1 Å². The van der Waals surface area contributed by atoms with Gasteiger partial charge in [-0.25, -0.2) is 0 Å². The number of anilines is 1. The zero-order valence-corrected chi connectivity index (χ0v) is 11.4. The molecule has 0 aromatic carbocycles. The molecule has 1 atom stereocenters. The zero-order chi connectivity index (χ0) is 13.3. The van der Waals surface area contributed by atoms with E-state index in [1.165, 1.54) is 12.8 Å². The molecule has 1 fully saturated rings. The maximum Gasteiger partial charge on any atom is 0.241 e. The van der Waals surface area contributed by atoms with E-state index in [9.17, 15) is 4.79 Å². The van der Waals surface area contributed by atoms with Gasteiger partial charge in [-0.3, -0.25) is 9.48 Å². The normalized spacial score (nSPS) is 16.6. The average molecular weight is 250 g/mol. The van der Waals surface area contributed by atoms with E-state index in [2.05, 4.69) is 17.3 Å². The molecular weight excluding hydrogens is 228 g/mol. The van der Waals surface area contributed by atoms with Gasteiger partial charge in [-0.15, -0.1) is 0 Å². The van der Waals surface area contributed by atoms with Crippen LogP contribution in [-0.2, 0) is 11.3 Å². The van der Waals surface area contributed by atoms with E-state index in [0.29, 0.717) is 5.69 Å². The summed E-state index contributed by atoms with van der Waals surface area (Å²) >= 11 is 0. The molecule has 1 aliphatic rings. The highest BCUT2D eigenvalue weighted by Crippen LogP contribution is 2.33. The van der Waals surface area contributed by atoms with Crippen molar-refractivity contribution < 1.29 is 4.79 Å². The molecule has 18 heavy (non-hydrogen) atoms. The van der Waals surface area contributed by atoms with Crippen LogP contribution in [0, 0.1) is 19.8 Å². The second-order valence-electron chi connectivity index (χ2n) is 5.39. The predicted octanol–water partition coefficient (Wildman–Crippen LogP) is 1.39. The first-order valence-corrected chi connectivity index (χ1v) is 6.56. The molecule has 1 heterocycles. The van der Waals surface area contributed by atoms with E-state index in [1.54, 1.807) is 4.68 Å². The topological polar surface area (TPSA) is 72.9 Å². The van der Waals surface area contributed by atoms with E-state index in [0.717, 1.165) is 23.7 Å². The van der Waals surface area contributed by atoms with Crippen LogP contribution in [0.15, 0.2) is 0 Å². The van der Waals surface area contributed by atoms with Crippen LogP contribution >= 0.6 is 0 Å². The van der Waals surface area contributed by atoms with Crippen molar-refractivity contribution in [3.8, 4) is 0 Å². The van der Waals surface area contributed by atoms with E-state index in [4.69, 9.17) is 5.73 Å². The number of hydrogen-bond acceptors (Lipinski definition) is 3. The molecule has 1 aromatic rings. The number of hydrogen-bond donors (Lipinski definition) is 2. The van der Waals surface area contributed by atoms with Crippen LogP contribution in [0.25, 0.3) is 0 Å². The smallest absolute Gasteiger partial charge is 0.241 e. The van der Waals surface area contributed by atoms with Crippen molar-refractivity contribution in [2.75, 3.05) is 5.73 Å². The molecule has 1 aliphatic carbocycles. The van der Waals surface area contributed by atoms with Crippen molar-refractivity contribution in [1.29, 1.82) is 0 Å². The van der Waals surface area contributed by atoms with Crippen molar-refractivity contribution in [2.45, 2.75) is 52.6 Å². The van der Waals surface area contributed by atoms with Gasteiger partial charge in [0, 0.05) is 6.04 Å². The number of rotatable bonds is 5. The highest BCUT2D eigenvalue weighted by molar-refractivity contribution is 5.76. The van der Waals surface area contributed by atoms with Gasteiger partial charge in [0.15, 0.2) is 0 Å². The van der Waals surface area contributed by atoms with Crippen molar-refractivity contribution in [3.63, 3.8) is 0 Å². The summed E-state index contributed by atoms with van der Waals surface area (Å²) in [6.07, 6.45) is 3.72. The molecule has 5 heteroatoms. The lowest BCUT2D eigenvalue weighted by molar-refractivity contribution is -0.122. The van der Waals surface area contributed by atoms with Crippen molar-refractivity contribution in [3.05, 3.63) is 11.4 Å². The minimum Gasteiger partial charge on any atom is -0.396 e. The van der Waals surface area contributed by atoms with Crippen LogP contribution in [-0.4, -0.2) is 21.7 Å². The van der Waals surface area contributed by atoms with Crippen LogP contribution in [0.2, 0.25) is 0 Å². The third kappa shape index (κ3) is 3.03. The highest BCUT2D eigenvalue weighted by Gasteiger charge is 2.24. The summed E-state index contributed by atoms with van der Waals surface area (Å²) in [5, 5.41) is 7.28. The fourth-order valence-electron chi connectivity index (χ4n) is 2.23. The third-order valence-corrected chi connectivity index (χ3v) is 3.52. The maximum absolute atomic E-state index is 11.9. The first-order valence-electron chi connectivity index (χ1n) is 6.56. The van der Waals surface area contributed by atoms with Crippen LogP contribution in [0.5, 0.6) is 0 Å². The Kier molecular flexibility index (Phi) is 3.59. The Bertz CT molecular complexity index is 448.